The predicted molar refractivity (Wildman–Crippen MR) is 84.2 cm³/mol. The number of hydrogen-bond acceptors (Lipinski definition) is 4. The number of ether oxygens (including phenoxy) is 1. The third-order valence-corrected chi connectivity index (χ3v) is 4.38. The number of β-amino-alcohol motifs (C(OH)–C–C–N with tert-alkyl or cyclic N) is 1. The fourth-order valence-corrected chi connectivity index (χ4v) is 3.22. The summed E-state index contributed by atoms with van der Waals surface area (Å²) in [4.78, 5) is 13.1. The van der Waals surface area contributed by atoms with E-state index in [1.807, 2.05) is 26.0 Å². The Morgan fingerprint density at radius 3 is 2.55 bits per heavy atom. The summed E-state index contributed by atoms with van der Waals surface area (Å²) in [5.74, 6) is -0.223. The van der Waals surface area contributed by atoms with Crippen LogP contribution in [0.5, 0.6) is 5.75 Å². The zero-order chi connectivity index (χ0) is 16.3. The van der Waals surface area contributed by atoms with Crippen LogP contribution in [0.2, 0.25) is 0 Å². The van der Waals surface area contributed by atoms with Gasteiger partial charge in [-0.05, 0) is 51.4 Å². The highest BCUT2D eigenvalue weighted by Gasteiger charge is 2.26. The van der Waals surface area contributed by atoms with Crippen LogP contribution in [0.4, 0.5) is 0 Å². The Balaban J connectivity index is 2.04. The van der Waals surface area contributed by atoms with Gasteiger partial charge in [-0.25, -0.2) is 0 Å². The van der Waals surface area contributed by atoms with Crippen molar-refractivity contribution in [3.63, 3.8) is 0 Å². The van der Waals surface area contributed by atoms with Gasteiger partial charge in [-0.3, -0.25) is 4.79 Å². The molecule has 0 bridgehead atoms. The van der Waals surface area contributed by atoms with Crippen LogP contribution in [0.25, 0.3) is 0 Å². The first-order chi connectivity index (χ1) is 10.4. The zero-order valence-electron chi connectivity index (χ0n) is 13.5. The lowest BCUT2D eigenvalue weighted by atomic mass is 9.96. The first-order valence-electron chi connectivity index (χ1n) is 7.70. The quantitative estimate of drug-likeness (QED) is 0.872. The van der Waals surface area contributed by atoms with Crippen molar-refractivity contribution in [2.45, 2.75) is 32.8 Å². The van der Waals surface area contributed by atoms with Crippen LogP contribution >= 0.6 is 0 Å². The molecule has 0 amide bonds. The van der Waals surface area contributed by atoms with Crippen LogP contribution in [0.15, 0.2) is 12.1 Å². The van der Waals surface area contributed by atoms with Crippen molar-refractivity contribution < 1.29 is 19.7 Å². The van der Waals surface area contributed by atoms with E-state index < -0.39 is 12.1 Å². The highest BCUT2D eigenvalue weighted by molar-refractivity contribution is 5.70. The molecule has 22 heavy (non-hydrogen) atoms. The largest absolute Gasteiger partial charge is 0.496 e. The van der Waals surface area contributed by atoms with Gasteiger partial charge in [0, 0.05) is 12.1 Å². The van der Waals surface area contributed by atoms with Crippen LogP contribution in [0.3, 0.4) is 0 Å². The number of rotatable bonds is 5. The van der Waals surface area contributed by atoms with Crippen molar-refractivity contribution in [3.05, 3.63) is 28.8 Å². The molecular formula is C17H25NO4. The number of aliphatic hydroxyl groups is 1. The third kappa shape index (κ3) is 3.78. The number of nitrogens with zero attached hydrogens (tertiary/aromatic N) is 1. The highest BCUT2D eigenvalue weighted by atomic mass is 16.5. The maximum Gasteiger partial charge on any atom is 0.306 e. The number of carboxylic acids is 1. The second-order valence-electron chi connectivity index (χ2n) is 6.13. The molecule has 122 valence electrons. The van der Waals surface area contributed by atoms with Gasteiger partial charge in [0.05, 0.1) is 19.1 Å². The number of aryl methyl sites for hydroxylation is 2. The molecule has 1 saturated heterocycles. The average Bonchev–Trinajstić information content (AvgIpc) is 2.47. The van der Waals surface area contributed by atoms with Crippen LogP contribution in [0, 0.1) is 19.8 Å². The molecule has 1 fully saturated rings. The summed E-state index contributed by atoms with van der Waals surface area (Å²) in [6.07, 6.45) is 0.660. The molecule has 5 nitrogen and oxygen atoms in total. The Morgan fingerprint density at radius 2 is 2.00 bits per heavy atom. The SMILES string of the molecule is COc1c(C)cc(C)cc1C(O)CN1CCC(C(=O)O)CC1. The Labute approximate surface area is 131 Å². The van der Waals surface area contributed by atoms with E-state index in [1.54, 1.807) is 7.11 Å². The molecule has 0 aliphatic carbocycles. The number of benzene rings is 1. The number of carbonyl (C=O) groups is 1. The van der Waals surface area contributed by atoms with E-state index in [-0.39, 0.29) is 5.92 Å². The summed E-state index contributed by atoms with van der Waals surface area (Å²) in [6, 6.07) is 3.99. The summed E-state index contributed by atoms with van der Waals surface area (Å²) in [5.41, 5.74) is 2.92. The Morgan fingerprint density at radius 1 is 1.36 bits per heavy atom. The first-order valence-corrected chi connectivity index (χ1v) is 7.70. The summed E-state index contributed by atoms with van der Waals surface area (Å²) >= 11 is 0. The van der Waals surface area contributed by atoms with Crippen LogP contribution in [0.1, 0.15) is 35.6 Å². The van der Waals surface area contributed by atoms with E-state index in [2.05, 4.69) is 4.90 Å². The van der Waals surface area contributed by atoms with Gasteiger partial charge in [-0.15, -0.1) is 0 Å². The highest BCUT2D eigenvalue weighted by Crippen LogP contribution is 2.31. The number of likely N-dealkylation sites (tertiary alicyclic amines) is 1. The normalized spacial score (nSPS) is 18.2. The lowest BCUT2D eigenvalue weighted by Gasteiger charge is -2.32. The van der Waals surface area contributed by atoms with E-state index in [0.29, 0.717) is 32.5 Å². The van der Waals surface area contributed by atoms with Crippen molar-refractivity contribution in [1.82, 2.24) is 4.90 Å². The van der Waals surface area contributed by atoms with E-state index in [9.17, 15) is 9.90 Å². The molecule has 2 rings (SSSR count). The molecule has 0 saturated carbocycles. The minimum Gasteiger partial charge on any atom is -0.496 e. The molecule has 5 heteroatoms. The summed E-state index contributed by atoms with van der Waals surface area (Å²) in [5, 5.41) is 19.6. The third-order valence-electron chi connectivity index (χ3n) is 4.38. The van der Waals surface area contributed by atoms with Crippen molar-refractivity contribution >= 4 is 5.97 Å². The summed E-state index contributed by atoms with van der Waals surface area (Å²) in [6.45, 7) is 5.90. The Hall–Kier alpha value is -1.59. The van der Waals surface area contributed by atoms with Crippen molar-refractivity contribution in [1.29, 1.82) is 0 Å². The number of carboxylic acid groups (broad SMARTS) is 1. The number of piperidine rings is 1. The molecule has 0 aromatic heterocycles. The van der Waals surface area contributed by atoms with Gasteiger partial charge in [0.15, 0.2) is 0 Å². The second-order valence-corrected chi connectivity index (χ2v) is 6.13. The summed E-state index contributed by atoms with van der Waals surface area (Å²) < 4.78 is 5.43. The maximum atomic E-state index is 11.0. The predicted octanol–water partition coefficient (Wildman–Crippen LogP) is 2.14. The van der Waals surface area contributed by atoms with Gasteiger partial charge < -0.3 is 19.8 Å². The first kappa shape index (κ1) is 16.8. The molecule has 0 spiro atoms. The number of aliphatic hydroxyl groups excluding tert-OH is 1. The maximum absolute atomic E-state index is 11.0. The number of hydrogen-bond donors (Lipinski definition) is 2. The molecule has 1 aliphatic heterocycles. The lowest BCUT2D eigenvalue weighted by Crippen LogP contribution is -2.38. The van der Waals surface area contributed by atoms with E-state index in [0.717, 1.165) is 22.4 Å². The van der Waals surface area contributed by atoms with Gasteiger partial charge in [-0.2, -0.15) is 0 Å². The van der Waals surface area contributed by atoms with Crippen LogP contribution < -0.4 is 4.74 Å². The minimum absolute atomic E-state index is 0.246. The van der Waals surface area contributed by atoms with Crippen molar-refractivity contribution in [2.24, 2.45) is 5.92 Å². The minimum atomic E-state index is -0.712. The number of methoxy groups -OCH3 is 1. The average molecular weight is 307 g/mol. The molecule has 1 aliphatic rings. The smallest absolute Gasteiger partial charge is 0.306 e. The van der Waals surface area contributed by atoms with E-state index in [1.165, 1.54) is 0 Å². The Kier molecular flexibility index (Phi) is 5.42. The molecule has 1 unspecified atom stereocenters. The van der Waals surface area contributed by atoms with E-state index in [4.69, 9.17) is 9.84 Å². The van der Waals surface area contributed by atoms with Gasteiger partial charge in [0.1, 0.15) is 5.75 Å². The molecule has 1 aromatic rings. The van der Waals surface area contributed by atoms with Crippen molar-refractivity contribution in [2.75, 3.05) is 26.7 Å². The zero-order valence-corrected chi connectivity index (χ0v) is 13.5. The van der Waals surface area contributed by atoms with Gasteiger partial charge in [0.25, 0.3) is 0 Å². The van der Waals surface area contributed by atoms with Crippen LogP contribution in [-0.4, -0.2) is 47.8 Å². The molecule has 2 N–H and O–H groups in total. The second kappa shape index (κ2) is 7.11. The summed E-state index contributed by atoms with van der Waals surface area (Å²) in [7, 11) is 1.62. The molecule has 1 heterocycles. The molecule has 1 atom stereocenters. The van der Waals surface area contributed by atoms with Gasteiger partial charge in [-0.1, -0.05) is 11.6 Å². The molecule has 1 aromatic carbocycles. The van der Waals surface area contributed by atoms with Crippen LogP contribution in [-0.2, 0) is 4.79 Å². The Bertz CT molecular complexity index is 536. The molecular weight excluding hydrogens is 282 g/mol. The number of aliphatic carboxylic acids is 1. The molecule has 0 radical (unpaired) electrons. The lowest BCUT2D eigenvalue weighted by molar-refractivity contribution is -0.143. The topological polar surface area (TPSA) is 70.0 Å². The fourth-order valence-electron chi connectivity index (χ4n) is 3.22. The van der Waals surface area contributed by atoms with Gasteiger partial charge in [0.2, 0.25) is 0 Å². The fraction of sp³-hybridized carbons (Fsp3) is 0.588. The van der Waals surface area contributed by atoms with Crippen molar-refractivity contribution in [3.8, 4) is 5.75 Å². The van der Waals surface area contributed by atoms with Gasteiger partial charge >= 0.3 is 5.97 Å². The monoisotopic (exact) mass is 307 g/mol. The van der Waals surface area contributed by atoms with E-state index >= 15 is 0 Å². The standard InChI is InChI=1S/C17H25NO4/c1-11-8-12(2)16(22-3)14(9-11)15(19)10-18-6-4-13(5-7-18)17(20)21/h8-9,13,15,19H,4-7,10H2,1-3H3,(H,20,21).